The fourth-order valence-electron chi connectivity index (χ4n) is 1.41. The molecule has 0 saturated carbocycles. The number of nitrogen functional groups attached to an aromatic ring is 1. The summed E-state index contributed by atoms with van der Waals surface area (Å²) in [7, 11) is 0. The minimum atomic E-state index is 0.453. The monoisotopic (exact) mass is 207 g/mol. The normalized spacial score (nSPS) is 11.0. The lowest BCUT2D eigenvalue weighted by atomic mass is 10.5. The Morgan fingerprint density at radius 1 is 1.40 bits per heavy atom. The SMILES string of the molecule is CCOCCn1cnc2ncnc(N)c21. The first-order valence-corrected chi connectivity index (χ1v) is 4.82. The highest BCUT2D eigenvalue weighted by atomic mass is 16.5. The topological polar surface area (TPSA) is 78.8 Å². The van der Waals surface area contributed by atoms with Crippen molar-refractivity contribution in [3.8, 4) is 0 Å². The van der Waals surface area contributed by atoms with Gasteiger partial charge in [-0.2, -0.15) is 0 Å². The van der Waals surface area contributed by atoms with E-state index in [-0.39, 0.29) is 0 Å². The smallest absolute Gasteiger partial charge is 0.182 e. The van der Waals surface area contributed by atoms with Crippen LogP contribution in [0.2, 0.25) is 0 Å². The van der Waals surface area contributed by atoms with E-state index in [2.05, 4.69) is 15.0 Å². The quantitative estimate of drug-likeness (QED) is 0.736. The third-order valence-electron chi connectivity index (χ3n) is 2.12. The molecule has 0 fully saturated rings. The lowest BCUT2D eigenvalue weighted by molar-refractivity contribution is 0.140. The van der Waals surface area contributed by atoms with Crippen molar-refractivity contribution in [1.29, 1.82) is 0 Å². The number of fused-ring (bicyclic) bond motifs is 1. The molecule has 2 N–H and O–H groups in total. The summed E-state index contributed by atoms with van der Waals surface area (Å²) in [6, 6.07) is 0. The van der Waals surface area contributed by atoms with Gasteiger partial charge in [0.15, 0.2) is 11.5 Å². The molecule has 2 heterocycles. The first-order valence-electron chi connectivity index (χ1n) is 4.82. The van der Waals surface area contributed by atoms with Gasteiger partial charge in [-0.05, 0) is 6.92 Å². The molecular formula is C9H13N5O. The number of aromatic nitrogens is 4. The zero-order valence-electron chi connectivity index (χ0n) is 8.55. The number of nitrogens with zero attached hydrogens (tertiary/aromatic N) is 4. The third-order valence-corrected chi connectivity index (χ3v) is 2.12. The van der Waals surface area contributed by atoms with Crippen molar-refractivity contribution in [2.75, 3.05) is 18.9 Å². The first kappa shape index (κ1) is 9.85. The molecule has 0 spiro atoms. The molecule has 0 saturated heterocycles. The summed E-state index contributed by atoms with van der Waals surface area (Å²) in [5.74, 6) is 0.453. The lowest BCUT2D eigenvalue weighted by Crippen LogP contribution is -2.06. The minimum absolute atomic E-state index is 0.453. The summed E-state index contributed by atoms with van der Waals surface area (Å²) in [5, 5.41) is 0. The minimum Gasteiger partial charge on any atom is -0.382 e. The van der Waals surface area contributed by atoms with E-state index in [9.17, 15) is 0 Å². The zero-order chi connectivity index (χ0) is 10.7. The number of hydrogen-bond donors (Lipinski definition) is 1. The van der Waals surface area contributed by atoms with Crippen LogP contribution in [0.3, 0.4) is 0 Å². The molecule has 15 heavy (non-hydrogen) atoms. The molecule has 2 aromatic heterocycles. The van der Waals surface area contributed by atoms with Crippen LogP contribution in [0.25, 0.3) is 11.2 Å². The molecule has 2 aromatic rings. The van der Waals surface area contributed by atoms with Gasteiger partial charge in [0.05, 0.1) is 12.9 Å². The lowest BCUT2D eigenvalue weighted by Gasteiger charge is -2.04. The van der Waals surface area contributed by atoms with Crippen LogP contribution in [-0.2, 0) is 11.3 Å². The highest BCUT2D eigenvalue weighted by Gasteiger charge is 2.07. The van der Waals surface area contributed by atoms with Crippen LogP contribution >= 0.6 is 0 Å². The Labute approximate surface area is 87.1 Å². The van der Waals surface area contributed by atoms with Gasteiger partial charge >= 0.3 is 0 Å². The molecule has 0 radical (unpaired) electrons. The number of anilines is 1. The summed E-state index contributed by atoms with van der Waals surface area (Å²) >= 11 is 0. The second-order valence-electron chi connectivity index (χ2n) is 3.07. The number of ether oxygens (including phenoxy) is 1. The van der Waals surface area contributed by atoms with Gasteiger partial charge in [0.1, 0.15) is 11.8 Å². The molecule has 0 atom stereocenters. The van der Waals surface area contributed by atoms with Gasteiger partial charge in [0.2, 0.25) is 0 Å². The van der Waals surface area contributed by atoms with E-state index in [4.69, 9.17) is 10.5 Å². The maximum absolute atomic E-state index is 5.75. The Morgan fingerprint density at radius 3 is 3.07 bits per heavy atom. The predicted molar refractivity (Wildman–Crippen MR) is 56.2 cm³/mol. The Hall–Kier alpha value is -1.69. The van der Waals surface area contributed by atoms with Gasteiger partial charge in [-0.25, -0.2) is 15.0 Å². The van der Waals surface area contributed by atoms with Crippen molar-refractivity contribution in [3.63, 3.8) is 0 Å². The molecule has 0 aliphatic heterocycles. The van der Waals surface area contributed by atoms with Crippen molar-refractivity contribution in [2.45, 2.75) is 13.5 Å². The van der Waals surface area contributed by atoms with Crippen LogP contribution in [0, 0.1) is 0 Å². The van der Waals surface area contributed by atoms with Gasteiger partial charge in [-0.3, -0.25) is 0 Å². The van der Waals surface area contributed by atoms with E-state index in [1.807, 2.05) is 11.5 Å². The van der Waals surface area contributed by atoms with Gasteiger partial charge in [-0.15, -0.1) is 0 Å². The highest BCUT2D eigenvalue weighted by Crippen LogP contribution is 2.14. The van der Waals surface area contributed by atoms with Crippen molar-refractivity contribution in [1.82, 2.24) is 19.5 Å². The maximum Gasteiger partial charge on any atom is 0.182 e. The van der Waals surface area contributed by atoms with Crippen LogP contribution in [0.1, 0.15) is 6.92 Å². The number of imidazole rings is 1. The summed E-state index contributed by atoms with van der Waals surface area (Å²) in [5.41, 5.74) is 7.15. The second-order valence-corrected chi connectivity index (χ2v) is 3.07. The van der Waals surface area contributed by atoms with Gasteiger partial charge in [0, 0.05) is 13.2 Å². The van der Waals surface area contributed by atoms with E-state index >= 15 is 0 Å². The molecule has 80 valence electrons. The van der Waals surface area contributed by atoms with Gasteiger partial charge < -0.3 is 15.0 Å². The van der Waals surface area contributed by atoms with E-state index in [0.29, 0.717) is 31.2 Å². The Morgan fingerprint density at radius 2 is 2.27 bits per heavy atom. The molecule has 0 aliphatic rings. The third kappa shape index (κ3) is 1.89. The van der Waals surface area contributed by atoms with E-state index in [1.165, 1.54) is 6.33 Å². The molecule has 0 bridgehead atoms. The molecular weight excluding hydrogens is 194 g/mol. The van der Waals surface area contributed by atoms with Gasteiger partial charge in [-0.1, -0.05) is 0 Å². The Kier molecular flexibility index (Phi) is 2.77. The molecule has 0 aliphatic carbocycles. The molecule has 6 nitrogen and oxygen atoms in total. The van der Waals surface area contributed by atoms with Crippen molar-refractivity contribution >= 4 is 17.0 Å². The average molecular weight is 207 g/mol. The second kappa shape index (κ2) is 4.22. The molecule has 0 amide bonds. The van der Waals surface area contributed by atoms with E-state index < -0.39 is 0 Å². The van der Waals surface area contributed by atoms with E-state index in [0.717, 1.165) is 5.52 Å². The standard InChI is InChI=1S/C9H13N5O/c1-2-15-4-3-14-6-13-9-7(14)8(10)11-5-12-9/h5-6H,2-4H2,1H3,(H2,10,11,12). The van der Waals surface area contributed by atoms with Crippen LogP contribution < -0.4 is 5.73 Å². The largest absolute Gasteiger partial charge is 0.382 e. The summed E-state index contributed by atoms with van der Waals surface area (Å²) in [4.78, 5) is 12.1. The molecule has 2 rings (SSSR count). The summed E-state index contributed by atoms with van der Waals surface area (Å²) in [6.45, 7) is 4.01. The number of nitrogens with two attached hydrogens (primary N) is 1. The van der Waals surface area contributed by atoms with Crippen molar-refractivity contribution in [2.24, 2.45) is 0 Å². The Bertz CT molecular complexity index is 453. The van der Waals surface area contributed by atoms with Crippen LogP contribution in [0.15, 0.2) is 12.7 Å². The van der Waals surface area contributed by atoms with Crippen LogP contribution in [-0.4, -0.2) is 32.7 Å². The number of hydrogen-bond acceptors (Lipinski definition) is 5. The first-order chi connectivity index (χ1) is 7.33. The fraction of sp³-hybridized carbons (Fsp3) is 0.444. The number of rotatable bonds is 4. The summed E-state index contributed by atoms with van der Waals surface area (Å²) in [6.07, 6.45) is 3.12. The average Bonchev–Trinajstić information content (AvgIpc) is 2.63. The van der Waals surface area contributed by atoms with Crippen molar-refractivity contribution in [3.05, 3.63) is 12.7 Å². The molecule has 6 heteroatoms. The van der Waals surface area contributed by atoms with Crippen molar-refractivity contribution < 1.29 is 4.74 Å². The molecule has 0 unspecified atom stereocenters. The van der Waals surface area contributed by atoms with E-state index in [1.54, 1.807) is 6.33 Å². The predicted octanol–water partition coefficient (Wildman–Crippen LogP) is 0.445. The Balaban J connectivity index is 2.27. The zero-order valence-corrected chi connectivity index (χ0v) is 8.55. The van der Waals surface area contributed by atoms with Crippen LogP contribution in [0.4, 0.5) is 5.82 Å². The molecule has 0 aromatic carbocycles. The highest BCUT2D eigenvalue weighted by molar-refractivity contribution is 5.81. The fourth-order valence-corrected chi connectivity index (χ4v) is 1.41. The van der Waals surface area contributed by atoms with Crippen LogP contribution in [0.5, 0.6) is 0 Å². The summed E-state index contributed by atoms with van der Waals surface area (Å²) < 4.78 is 7.17. The maximum atomic E-state index is 5.75. The van der Waals surface area contributed by atoms with Gasteiger partial charge in [0.25, 0.3) is 0 Å².